The predicted octanol–water partition coefficient (Wildman–Crippen LogP) is 9.09. The summed E-state index contributed by atoms with van der Waals surface area (Å²) in [5, 5.41) is 0. The number of hydrogen-bond donors (Lipinski definition) is 0. The van der Waals surface area contributed by atoms with Crippen LogP contribution in [-0.4, -0.2) is 12.2 Å². The number of terminal acetylenes is 1. The molecule has 0 unspecified atom stereocenters. The fourth-order valence-corrected chi connectivity index (χ4v) is 4.47. The third-order valence-electron chi connectivity index (χ3n) is 6.46. The number of ether oxygens (including phenoxy) is 1. The van der Waals surface area contributed by atoms with Crippen molar-refractivity contribution in [1.82, 2.24) is 0 Å². The minimum absolute atomic E-state index is 0.0657. The second-order valence-electron chi connectivity index (χ2n) is 9.68. The molecule has 1 nitrogen and oxygen atoms in total. The first-order valence-corrected chi connectivity index (χ1v) is 12.5. The average Bonchev–Trinajstić information content (AvgIpc) is 2.69. The smallest absolute Gasteiger partial charge is 0.108 e. The van der Waals surface area contributed by atoms with Crippen molar-refractivity contribution in [2.45, 2.75) is 149 Å². The molecule has 0 saturated heterocycles. The summed E-state index contributed by atoms with van der Waals surface area (Å²) < 4.78 is 5.72. The molecule has 0 heterocycles. The zero-order chi connectivity index (χ0) is 21.1. The van der Waals surface area contributed by atoms with Gasteiger partial charge >= 0.3 is 0 Å². The van der Waals surface area contributed by atoms with Crippen LogP contribution in [0, 0.1) is 17.8 Å². The second kappa shape index (κ2) is 17.4. The monoisotopic (exact) mass is 392 g/mol. The lowest BCUT2D eigenvalue weighted by atomic mass is 9.71. The standard InChI is InChI=1S/C27H52O/c1-7-11-21-27(22-12-8-2,23-13-9-3)24-19-17-15-14-16-18-20-26(5,6)28-25-10-4/h4H,7-9,11-25H2,1-3,5-6H3. The Morgan fingerprint density at radius 1 is 0.607 bits per heavy atom. The van der Waals surface area contributed by atoms with E-state index >= 15 is 0 Å². The van der Waals surface area contributed by atoms with E-state index in [-0.39, 0.29) is 5.60 Å². The van der Waals surface area contributed by atoms with Crippen molar-refractivity contribution in [3.63, 3.8) is 0 Å². The van der Waals surface area contributed by atoms with Crippen LogP contribution in [-0.2, 0) is 4.74 Å². The van der Waals surface area contributed by atoms with E-state index in [1.165, 1.54) is 103 Å². The van der Waals surface area contributed by atoms with E-state index in [0.717, 1.165) is 6.42 Å². The highest BCUT2D eigenvalue weighted by Crippen LogP contribution is 2.41. The van der Waals surface area contributed by atoms with Gasteiger partial charge in [-0.2, -0.15) is 0 Å². The third kappa shape index (κ3) is 14.5. The number of rotatable bonds is 20. The molecule has 28 heavy (non-hydrogen) atoms. The molecule has 0 fully saturated rings. The van der Waals surface area contributed by atoms with Crippen molar-refractivity contribution < 1.29 is 4.74 Å². The topological polar surface area (TPSA) is 9.23 Å². The second-order valence-corrected chi connectivity index (χ2v) is 9.68. The van der Waals surface area contributed by atoms with Gasteiger partial charge in [-0.3, -0.25) is 0 Å². The number of hydrogen-bond acceptors (Lipinski definition) is 1. The van der Waals surface area contributed by atoms with Crippen molar-refractivity contribution in [1.29, 1.82) is 0 Å². The van der Waals surface area contributed by atoms with Crippen molar-refractivity contribution in [2.24, 2.45) is 5.41 Å². The van der Waals surface area contributed by atoms with Crippen LogP contribution in [0.1, 0.15) is 144 Å². The minimum atomic E-state index is -0.0657. The van der Waals surface area contributed by atoms with Crippen molar-refractivity contribution in [3.05, 3.63) is 0 Å². The molecule has 0 aromatic carbocycles. The molecule has 0 bridgehead atoms. The molecule has 0 aromatic heterocycles. The Hall–Kier alpha value is -0.480. The van der Waals surface area contributed by atoms with Gasteiger partial charge in [0.2, 0.25) is 0 Å². The molecule has 0 atom stereocenters. The van der Waals surface area contributed by atoms with E-state index in [2.05, 4.69) is 40.5 Å². The maximum absolute atomic E-state index is 5.72. The molecule has 0 radical (unpaired) electrons. The zero-order valence-electron chi connectivity index (χ0n) is 20.2. The lowest BCUT2D eigenvalue weighted by Gasteiger charge is -2.35. The molecule has 0 N–H and O–H groups in total. The van der Waals surface area contributed by atoms with Gasteiger partial charge in [-0.15, -0.1) is 6.42 Å². The Morgan fingerprint density at radius 3 is 1.43 bits per heavy atom. The third-order valence-corrected chi connectivity index (χ3v) is 6.46. The van der Waals surface area contributed by atoms with Gasteiger partial charge in [0.1, 0.15) is 6.61 Å². The van der Waals surface area contributed by atoms with Gasteiger partial charge in [0.15, 0.2) is 0 Å². The summed E-state index contributed by atoms with van der Waals surface area (Å²) in [5.74, 6) is 2.58. The van der Waals surface area contributed by atoms with Gasteiger partial charge in [0.05, 0.1) is 5.60 Å². The van der Waals surface area contributed by atoms with E-state index in [4.69, 9.17) is 11.2 Å². The lowest BCUT2D eigenvalue weighted by Crippen LogP contribution is -2.24. The summed E-state index contributed by atoms with van der Waals surface area (Å²) in [4.78, 5) is 0. The highest BCUT2D eigenvalue weighted by atomic mass is 16.5. The van der Waals surface area contributed by atoms with Crippen LogP contribution in [0.15, 0.2) is 0 Å². The summed E-state index contributed by atoms with van der Waals surface area (Å²) in [5.41, 5.74) is 0.588. The molecular formula is C27H52O. The molecule has 0 rings (SSSR count). The Balaban J connectivity index is 4.12. The first-order chi connectivity index (χ1) is 13.4. The molecular weight excluding hydrogens is 340 g/mol. The molecule has 166 valence electrons. The zero-order valence-corrected chi connectivity index (χ0v) is 20.2. The van der Waals surface area contributed by atoms with Crippen LogP contribution in [0.25, 0.3) is 0 Å². The summed E-state index contributed by atoms with van der Waals surface area (Å²) >= 11 is 0. The van der Waals surface area contributed by atoms with Crippen LogP contribution in [0.2, 0.25) is 0 Å². The van der Waals surface area contributed by atoms with Crippen molar-refractivity contribution >= 4 is 0 Å². The van der Waals surface area contributed by atoms with E-state index in [0.29, 0.717) is 12.0 Å². The highest BCUT2D eigenvalue weighted by molar-refractivity contribution is 4.85. The minimum Gasteiger partial charge on any atom is -0.363 e. The van der Waals surface area contributed by atoms with Crippen molar-refractivity contribution in [2.75, 3.05) is 6.61 Å². The Morgan fingerprint density at radius 2 is 1.00 bits per heavy atom. The van der Waals surface area contributed by atoms with Gasteiger partial charge in [-0.05, 0) is 51.4 Å². The number of unbranched alkanes of at least 4 members (excludes halogenated alkanes) is 8. The van der Waals surface area contributed by atoms with Gasteiger partial charge in [0.25, 0.3) is 0 Å². The Kier molecular flexibility index (Phi) is 17.1. The molecule has 0 aliphatic rings. The van der Waals surface area contributed by atoms with E-state index < -0.39 is 0 Å². The maximum atomic E-state index is 5.72. The van der Waals surface area contributed by atoms with E-state index in [9.17, 15) is 0 Å². The summed E-state index contributed by atoms with van der Waals surface area (Å²) in [7, 11) is 0. The van der Waals surface area contributed by atoms with Gasteiger partial charge in [0, 0.05) is 0 Å². The van der Waals surface area contributed by atoms with Crippen LogP contribution in [0.4, 0.5) is 0 Å². The van der Waals surface area contributed by atoms with Gasteiger partial charge in [-0.25, -0.2) is 0 Å². The van der Waals surface area contributed by atoms with Crippen LogP contribution in [0.5, 0.6) is 0 Å². The summed E-state index contributed by atoms with van der Waals surface area (Å²) in [6.45, 7) is 11.8. The maximum Gasteiger partial charge on any atom is 0.108 e. The highest BCUT2D eigenvalue weighted by Gasteiger charge is 2.27. The molecule has 1 heteroatoms. The van der Waals surface area contributed by atoms with Crippen LogP contribution >= 0.6 is 0 Å². The molecule has 0 aromatic rings. The normalized spacial score (nSPS) is 12.3. The molecule has 0 spiro atoms. The molecule has 0 amide bonds. The SMILES string of the molecule is C#CCOC(C)(C)CCCCCCCCC(CCCC)(CCCC)CCCC. The summed E-state index contributed by atoms with van der Waals surface area (Å²) in [6.07, 6.45) is 28.8. The first kappa shape index (κ1) is 27.5. The van der Waals surface area contributed by atoms with Crippen molar-refractivity contribution in [3.8, 4) is 12.3 Å². The fraction of sp³-hybridized carbons (Fsp3) is 0.926. The summed E-state index contributed by atoms with van der Waals surface area (Å²) in [6, 6.07) is 0. The average molecular weight is 393 g/mol. The van der Waals surface area contributed by atoms with E-state index in [1.54, 1.807) is 0 Å². The molecule has 0 aliphatic carbocycles. The predicted molar refractivity (Wildman–Crippen MR) is 127 cm³/mol. The Labute approximate surface area is 178 Å². The molecule has 0 aliphatic heterocycles. The van der Waals surface area contributed by atoms with Crippen LogP contribution < -0.4 is 0 Å². The molecule has 0 saturated carbocycles. The Bertz CT molecular complexity index is 354. The largest absolute Gasteiger partial charge is 0.363 e. The fourth-order valence-electron chi connectivity index (χ4n) is 4.47. The quantitative estimate of drug-likeness (QED) is 0.148. The van der Waals surface area contributed by atoms with E-state index in [1.807, 2.05) is 0 Å². The van der Waals surface area contributed by atoms with Gasteiger partial charge in [-0.1, -0.05) is 104 Å². The first-order valence-electron chi connectivity index (χ1n) is 12.5. The van der Waals surface area contributed by atoms with Crippen LogP contribution in [0.3, 0.4) is 0 Å². The lowest BCUT2D eigenvalue weighted by molar-refractivity contribution is -0.00618. The van der Waals surface area contributed by atoms with Gasteiger partial charge < -0.3 is 4.74 Å².